The lowest BCUT2D eigenvalue weighted by Crippen LogP contribution is -1.93. The second-order valence-corrected chi connectivity index (χ2v) is 6.47. The first-order valence-corrected chi connectivity index (χ1v) is 10.6. The van der Waals surface area contributed by atoms with Gasteiger partial charge in [-0.05, 0) is 63.4 Å². The Hall–Kier alpha value is -1.03. The predicted molar refractivity (Wildman–Crippen MR) is 112 cm³/mol. The number of hydrogen-bond acceptors (Lipinski definition) is 3. The van der Waals surface area contributed by atoms with Gasteiger partial charge in [-0.1, -0.05) is 67.7 Å². The highest BCUT2D eigenvalue weighted by Crippen LogP contribution is 2.30. The van der Waals surface area contributed by atoms with Gasteiger partial charge in [-0.25, -0.2) is 0 Å². The minimum atomic E-state index is 0.0448. The Morgan fingerprint density at radius 2 is 1.32 bits per heavy atom. The van der Waals surface area contributed by atoms with E-state index in [1.165, 1.54) is 18.5 Å². The van der Waals surface area contributed by atoms with E-state index >= 15 is 0 Å². The second kappa shape index (κ2) is 16.4. The number of rotatable bonds is 15. The zero-order valence-electron chi connectivity index (χ0n) is 15.8. The van der Waals surface area contributed by atoms with E-state index in [4.69, 9.17) is 8.92 Å². The molecule has 3 heteroatoms. The number of epoxide rings is 1. The maximum Gasteiger partial charge on any atom is 0.197 e. The van der Waals surface area contributed by atoms with Crippen molar-refractivity contribution >= 4 is 12.0 Å². The van der Waals surface area contributed by atoms with E-state index in [1.54, 1.807) is 0 Å². The van der Waals surface area contributed by atoms with Crippen molar-refractivity contribution < 1.29 is 8.92 Å². The molecule has 2 atom stereocenters. The minimum Gasteiger partial charge on any atom is -0.340 e. The highest BCUT2D eigenvalue weighted by Gasteiger charge is 2.39. The molecule has 0 amide bonds. The van der Waals surface area contributed by atoms with E-state index in [2.05, 4.69) is 67.7 Å². The molecule has 0 bridgehead atoms. The Morgan fingerprint density at radius 1 is 0.800 bits per heavy atom. The zero-order valence-corrected chi connectivity index (χ0v) is 16.6. The molecular weight excluding hydrogens is 328 g/mol. The van der Waals surface area contributed by atoms with Crippen LogP contribution in [0, 0.1) is 0 Å². The van der Waals surface area contributed by atoms with E-state index in [0.717, 1.165) is 44.9 Å². The summed E-state index contributed by atoms with van der Waals surface area (Å²) < 4.78 is 10.7. The largest absolute Gasteiger partial charge is 0.340 e. The molecule has 2 unspecified atom stereocenters. The van der Waals surface area contributed by atoms with Gasteiger partial charge >= 0.3 is 0 Å². The molecule has 0 radical (unpaired) electrons. The average molecular weight is 363 g/mol. The summed E-state index contributed by atoms with van der Waals surface area (Å²) in [6, 6.07) is 0. The van der Waals surface area contributed by atoms with Gasteiger partial charge in [0.05, 0.1) is 0 Å². The van der Waals surface area contributed by atoms with Crippen LogP contribution in [0.1, 0.15) is 58.3 Å². The summed E-state index contributed by atoms with van der Waals surface area (Å²) in [6.45, 7) is 2.16. The second-order valence-electron chi connectivity index (χ2n) is 5.94. The first kappa shape index (κ1) is 22.0. The lowest BCUT2D eigenvalue weighted by Gasteiger charge is -1.93. The normalized spacial score (nSPS) is 21.0. The fourth-order valence-electron chi connectivity index (χ4n) is 2.32. The van der Waals surface area contributed by atoms with Gasteiger partial charge in [0.1, 0.15) is 6.10 Å². The molecule has 1 rings (SSSR count). The predicted octanol–water partition coefficient (Wildman–Crippen LogP) is 6.93. The lowest BCUT2D eigenvalue weighted by molar-refractivity contribution is 0.208. The van der Waals surface area contributed by atoms with Crippen LogP contribution in [-0.4, -0.2) is 18.6 Å². The fourth-order valence-corrected chi connectivity index (χ4v) is 2.67. The van der Waals surface area contributed by atoms with Gasteiger partial charge < -0.3 is 4.74 Å². The Labute approximate surface area is 159 Å². The molecule has 1 saturated heterocycles. The monoisotopic (exact) mass is 362 g/mol. The van der Waals surface area contributed by atoms with E-state index in [9.17, 15) is 0 Å². The van der Waals surface area contributed by atoms with Crippen molar-refractivity contribution in [2.24, 2.45) is 0 Å². The minimum absolute atomic E-state index is 0.0448. The molecular formula is C22H34O2S. The molecule has 25 heavy (non-hydrogen) atoms. The third-order valence-electron chi connectivity index (χ3n) is 3.74. The summed E-state index contributed by atoms with van der Waals surface area (Å²) in [7, 11) is 0. The lowest BCUT2D eigenvalue weighted by atomic mass is 10.2. The van der Waals surface area contributed by atoms with Crippen LogP contribution in [0.4, 0.5) is 0 Å². The van der Waals surface area contributed by atoms with Crippen LogP contribution < -0.4 is 0 Å². The van der Waals surface area contributed by atoms with Crippen molar-refractivity contribution in [1.82, 2.24) is 0 Å². The Bertz CT molecular complexity index is 449. The van der Waals surface area contributed by atoms with E-state index in [-0.39, 0.29) is 6.29 Å². The fraction of sp³-hybridized carbons (Fsp3) is 0.545. The standard InChI is InChI=1S/C22H34O2S/c1-3-4-5-6-7-8-9-10-11-12-13-14-15-16-17-18-19-20-21-22(23-21)24-25-2/h4-5,7-8,10-11,13-14,16-17,21-22H,3,6,9,12,15,18-20H2,1-2H3. The number of ether oxygens (including phenoxy) is 1. The van der Waals surface area contributed by atoms with Gasteiger partial charge in [-0.2, -0.15) is 0 Å². The molecule has 0 aromatic rings. The van der Waals surface area contributed by atoms with Crippen LogP contribution in [0.25, 0.3) is 0 Å². The molecule has 0 spiro atoms. The third kappa shape index (κ3) is 13.9. The molecule has 0 N–H and O–H groups in total. The Morgan fingerprint density at radius 3 is 1.84 bits per heavy atom. The SMILES string of the molecule is CCC=CCC=CCC=CCC=CCC=CCCCC1OC1OSC. The van der Waals surface area contributed by atoms with Crippen molar-refractivity contribution in [3.8, 4) is 0 Å². The van der Waals surface area contributed by atoms with Crippen LogP contribution in [-0.2, 0) is 8.92 Å². The molecule has 0 aliphatic carbocycles. The summed E-state index contributed by atoms with van der Waals surface area (Å²) in [5.41, 5.74) is 0. The van der Waals surface area contributed by atoms with Gasteiger partial charge in [0, 0.05) is 6.26 Å². The van der Waals surface area contributed by atoms with Crippen molar-refractivity contribution in [3.05, 3.63) is 60.8 Å². The molecule has 140 valence electrons. The number of hydrogen-bond donors (Lipinski definition) is 0. The van der Waals surface area contributed by atoms with Crippen molar-refractivity contribution in [3.63, 3.8) is 0 Å². The van der Waals surface area contributed by atoms with Gasteiger partial charge in [0.25, 0.3) is 0 Å². The summed E-state index contributed by atoms with van der Waals surface area (Å²) in [5, 5.41) is 0. The maximum atomic E-state index is 5.39. The van der Waals surface area contributed by atoms with Crippen LogP contribution in [0.2, 0.25) is 0 Å². The van der Waals surface area contributed by atoms with Gasteiger partial charge in [0.2, 0.25) is 0 Å². The summed E-state index contributed by atoms with van der Waals surface area (Å²) in [5.74, 6) is 0. The summed E-state index contributed by atoms with van der Waals surface area (Å²) in [6.07, 6.45) is 33.3. The average Bonchev–Trinajstić information content (AvgIpc) is 3.36. The number of allylic oxidation sites excluding steroid dienone is 10. The maximum absolute atomic E-state index is 5.39. The molecule has 0 saturated carbocycles. The third-order valence-corrected chi connectivity index (χ3v) is 4.13. The van der Waals surface area contributed by atoms with Gasteiger partial charge in [-0.3, -0.25) is 4.18 Å². The van der Waals surface area contributed by atoms with Crippen LogP contribution in [0.15, 0.2) is 60.8 Å². The summed E-state index contributed by atoms with van der Waals surface area (Å²) >= 11 is 1.38. The quantitative estimate of drug-likeness (QED) is 0.136. The number of unbranched alkanes of at least 4 members (excludes halogenated alkanes) is 1. The van der Waals surface area contributed by atoms with Crippen LogP contribution >= 0.6 is 12.0 Å². The molecule has 1 heterocycles. The highest BCUT2D eigenvalue weighted by molar-refractivity contribution is 7.93. The Kier molecular flexibility index (Phi) is 14.5. The van der Waals surface area contributed by atoms with Gasteiger partial charge in [0.15, 0.2) is 6.29 Å². The molecule has 1 aliphatic heterocycles. The molecule has 1 aliphatic rings. The van der Waals surface area contributed by atoms with Crippen molar-refractivity contribution in [2.45, 2.75) is 70.7 Å². The molecule has 0 aromatic carbocycles. The topological polar surface area (TPSA) is 21.8 Å². The Balaban J connectivity index is 1.87. The van der Waals surface area contributed by atoms with E-state index < -0.39 is 0 Å². The van der Waals surface area contributed by atoms with E-state index in [1.807, 2.05) is 6.26 Å². The summed E-state index contributed by atoms with van der Waals surface area (Å²) in [4.78, 5) is 0. The molecule has 0 aromatic heterocycles. The molecule has 2 nitrogen and oxygen atoms in total. The van der Waals surface area contributed by atoms with Gasteiger partial charge in [-0.15, -0.1) is 0 Å². The van der Waals surface area contributed by atoms with Crippen LogP contribution in [0.3, 0.4) is 0 Å². The van der Waals surface area contributed by atoms with E-state index in [0.29, 0.717) is 6.10 Å². The van der Waals surface area contributed by atoms with Crippen molar-refractivity contribution in [2.75, 3.05) is 6.26 Å². The highest BCUT2D eigenvalue weighted by atomic mass is 32.2. The first-order chi connectivity index (χ1) is 12.4. The zero-order chi connectivity index (χ0) is 18.0. The smallest absolute Gasteiger partial charge is 0.197 e. The molecule has 1 fully saturated rings. The van der Waals surface area contributed by atoms with Crippen molar-refractivity contribution in [1.29, 1.82) is 0 Å². The van der Waals surface area contributed by atoms with Crippen LogP contribution in [0.5, 0.6) is 0 Å². The first-order valence-electron chi connectivity index (χ1n) is 9.48.